The summed E-state index contributed by atoms with van der Waals surface area (Å²) in [6, 6.07) is 16.5. The number of para-hydroxylation sites is 1. The summed E-state index contributed by atoms with van der Waals surface area (Å²) < 4.78 is 4.46. The number of aromatic nitrogens is 3. The van der Waals surface area contributed by atoms with Crippen LogP contribution in [0.5, 0.6) is 0 Å². The van der Waals surface area contributed by atoms with Gasteiger partial charge in [0.1, 0.15) is 12.8 Å². The number of hydrogen-bond donors (Lipinski definition) is 0. The van der Waals surface area contributed by atoms with Crippen LogP contribution in [0.2, 0.25) is 0 Å². The average molecular weight is 487 g/mol. The van der Waals surface area contributed by atoms with Gasteiger partial charge in [-0.15, -0.1) is 0 Å². The van der Waals surface area contributed by atoms with Crippen molar-refractivity contribution in [3.63, 3.8) is 0 Å². The SMILES string of the molecule is CN(/N=C/c1cccc[n+]1CCCCCCN1C=CN(CCCCn2ccnc2)C1)c1ccccc1. The minimum absolute atomic E-state index is 1.02. The second-order valence-electron chi connectivity index (χ2n) is 9.41. The fourth-order valence-electron chi connectivity index (χ4n) is 4.45. The summed E-state index contributed by atoms with van der Waals surface area (Å²) >= 11 is 0. The van der Waals surface area contributed by atoms with Crippen molar-refractivity contribution in [2.45, 2.75) is 51.6 Å². The first-order chi connectivity index (χ1) is 17.8. The van der Waals surface area contributed by atoms with Crippen molar-refractivity contribution in [3.05, 3.63) is 91.5 Å². The Morgan fingerprint density at radius 2 is 1.61 bits per heavy atom. The predicted octanol–water partition coefficient (Wildman–Crippen LogP) is 4.73. The highest BCUT2D eigenvalue weighted by Gasteiger charge is 2.12. The van der Waals surface area contributed by atoms with Crippen molar-refractivity contribution in [3.8, 4) is 0 Å². The van der Waals surface area contributed by atoms with Crippen LogP contribution in [0.15, 0.2) is 91.0 Å². The number of imidazole rings is 1. The van der Waals surface area contributed by atoms with Crippen molar-refractivity contribution in [1.82, 2.24) is 19.4 Å². The van der Waals surface area contributed by atoms with E-state index >= 15 is 0 Å². The summed E-state index contributed by atoms with van der Waals surface area (Å²) in [4.78, 5) is 8.98. The third-order valence-corrected chi connectivity index (χ3v) is 6.59. The number of hydrazone groups is 1. The van der Waals surface area contributed by atoms with Gasteiger partial charge in [-0.05, 0) is 43.9 Å². The van der Waals surface area contributed by atoms with E-state index in [0.29, 0.717) is 0 Å². The quantitative estimate of drug-likeness (QED) is 0.135. The van der Waals surface area contributed by atoms with Crippen LogP contribution in [-0.4, -0.2) is 52.4 Å². The summed E-state index contributed by atoms with van der Waals surface area (Å²) in [5, 5.41) is 6.55. The maximum absolute atomic E-state index is 4.64. The maximum atomic E-state index is 4.64. The molecule has 1 aromatic carbocycles. The molecule has 0 spiro atoms. The largest absolute Gasteiger partial charge is 0.359 e. The normalized spacial score (nSPS) is 13.2. The number of anilines is 1. The van der Waals surface area contributed by atoms with Crippen molar-refractivity contribution < 1.29 is 4.57 Å². The lowest BCUT2D eigenvalue weighted by Gasteiger charge is -2.21. The second kappa shape index (κ2) is 14.1. The van der Waals surface area contributed by atoms with Crippen LogP contribution in [0.1, 0.15) is 44.2 Å². The van der Waals surface area contributed by atoms with Crippen LogP contribution in [-0.2, 0) is 13.1 Å². The topological polar surface area (TPSA) is 43.8 Å². The van der Waals surface area contributed by atoms with Gasteiger partial charge in [0.25, 0.3) is 0 Å². The van der Waals surface area contributed by atoms with Gasteiger partial charge in [-0.3, -0.25) is 5.01 Å². The molecule has 0 saturated heterocycles. The fraction of sp³-hybridized carbons (Fsp3) is 0.414. The van der Waals surface area contributed by atoms with E-state index in [4.69, 9.17) is 0 Å². The first kappa shape index (κ1) is 25.5. The van der Waals surface area contributed by atoms with E-state index in [1.807, 2.05) is 55.2 Å². The summed E-state index contributed by atoms with van der Waals surface area (Å²) in [6.45, 7) is 5.38. The molecule has 0 bridgehead atoms. The van der Waals surface area contributed by atoms with Gasteiger partial charge in [0.15, 0.2) is 6.20 Å². The lowest BCUT2D eigenvalue weighted by atomic mass is 10.2. The highest BCUT2D eigenvalue weighted by molar-refractivity contribution is 5.75. The Balaban J connectivity index is 1.08. The van der Waals surface area contributed by atoms with Crippen LogP contribution in [0.25, 0.3) is 0 Å². The van der Waals surface area contributed by atoms with Gasteiger partial charge < -0.3 is 14.4 Å². The molecule has 2 aromatic heterocycles. The molecule has 0 unspecified atom stereocenters. The standard InChI is InChI=1S/C29H40N7/c1-32(28-13-5-4-6-14-28)31-25-29-15-7-10-21-36(29)20-9-3-2-8-18-34-23-24-35(27-34)19-12-11-17-33-22-16-30-26-33/h4-7,10,13-16,21-26H,2-3,8-9,11-12,17-20,27H2,1H3/q+1. The molecular weight excluding hydrogens is 446 g/mol. The smallest absolute Gasteiger partial charge is 0.225 e. The van der Waals surface area contributed by atoms with Gasteiger partial charge in [-0.1, -0.05) is 24.6 Å². The van der Waals surface area contributed by atoms with Gasteiger partial charge in [-0.25, -0.2) is 4.98 Å². The molecule has 7 heteroatoms. The van der Waals surface area contributed by atoms with Crippen molar-refractivity contribution in [2.75, 3.05) is 31.8 Å². The Kier molecular flexibility index (Phi) is 9.96. The number of rotatable bonds is 15. The molecule has 0 atom stereocenters. The Morgan fingerprint density at radius 3 is 2.39 bits per heavy atom. The van der Waals surface area contributed by atoms with Gasteiger partial charge >= 0.3 is 0 Å². The first-order valence-corrected chi connectivity index (χ1v) is 13.2. The number of nitrogens with zero attached hydrogens (tertiary/aromatic N) is 7. The number of benzene rings is 1. The van der Waals surface area contributed by atoms with Crippen molar-refractivity contribution in [1.29, 1.82) is 0 Å². The lowest BCUT2D eigenvalue weighted by molar-refractivity contribution is -0.698. The maximum Gasteiger partial charge on any atom is 0.225 e. The van der Waals surface area contributed by atoms with Crippen LogP contribution in [0.4, 0.5) is 5.69 Å². The third kappa shape index (κ3) is 8.26. The minimum Gasteiger partial charge on any atom is -0.359 e. The minimum atomic E-state index is 1.02. The number of aryl methyl sites for hydroxylation is 2. The molecular formula is C29H40N7+. The molecule has 0 radical (unpaired) electrons. The Hall–Kier alpha value is -3.61. The molecule has 1 aliphatic heterocycles. The number of pyridine rings is 1. The van der Waals surface area contributed by atoms with Crippen molar-refractivity contribution >= 4 is 11.9 Å². The van der Waals surface area contributed by atoms with Crippen LogP contribution < -0.4 is 9.58 Å². The molecule has 0 aliphatic carbocycles. The van der Waals surface area contributed by atoms with E-state index in [2.05, 4.69) is 77.9 Å². The Bertz CT molecular complexity index is 1060. The molecule has 3 aromatic rings. The summed E-state index contributed by atoms with van der Waals surface area (Å²) in [5.41, 5.74) is 2.21. The summed E-state index contributed by atoms with van der Waals surface area (Å²) in [7, 11) is 1.98. The summed E-state index contributed by atoms with van der Waals surface area (Å²) in [6.07, 6.45) is 21.7. The van der Waals surface area contributed by atoms with E-state index in [1.54, 1.807) is 0 Å². The lowest BCUT2D eigenvalue weighted by Crippen LogP contribution is -2.38. The average Bonchev–Trinajstić information content (AvgIpc) is 3.60. The first-order valence-electron chi connectivity index (χ1n) is 13.2. The van der Waals surface area contributed by atoms with E-state index in [9.17, 15) is 0 Å². The van der Waals surface area contributed by atoms with E-state index in [0.717, 1.165) is 44.2 Å². The zero-order valence-electron chi connectivity index (χ0n) is 21.6. The molecule has 7 nitrogen and oxygen atoms in total. The van der Waals surface area contributed by atoms with Crippen LogP contribution >= 0.6 is 0 Å². The highest BCUT2D eigenvalue weighted by Crippen LogP contribution is 2.12. The predicted molar refractivity (Wildman–Crippen MR) is 146 cm³/mol. The van der Waals surface area contributed by atoms with E-state index in [-0.39, 0.29) is 0 Å². The highest BCUT2D eigenvalue weighted by atomic mass is 15.4. The van der Waals surface area contributed by atoms with Crippen LogP contribution in [0.3, 0.4) is 0 Å². The molecule has 0 amide bonds. The summed E-state index contributed by atoms with van der Waals surface area (Å²) in [5.74, 6) is 0. The zero-order chi connectivity index (χ0) is 24.8. The molecule has 0 N–H and O–H groups in total. The van der Waals surface area contributed by atoms with Gasteiger partial charge in [0.05, 0.1) is 18.7 Å². The van der Waals surface area contributed by atoms with Gasteiger partial charge in [0.2, 0.25) is 5.69 Å². The molecule has 36 heavy (non-hydrogen) atoms. The van der Waals surface area contributed by atoms with E-state index in [1.165, 1.54) is 38.5 Å². The molecule has 4 rings (SSSR count). The molecule has 0 fully saturated rings. The van der Waals surface area contributed by atoms with Gasteiger partial charge in [0, 0.05) is 70.0 Å². The van der Waals surface area contributed by atoms with Crippen molar-refractivity contribution in [2.24, 2.45) is 5.10 Å². The molecule has 1 aliphatic rings. The molecule has 3 heterocycles. The van der Waals surface area contributed by atoms with Crippen LogP contribution in [0, 0.1) is 0 Å². The monoisotopic (exact) mass is 486 g/mol. The Morgan fingerprint density at radius 1 is 0.889 bits per heavy atom. The van der Waals surface area contributed by atoms with Gasteiger partial charge in [-0.2, -0.15) is 9.67 Å². The fourth-order valence-corrected chi connectivity index (χ4v) is 4.45. The molecule has 0 saturated carbocycles. The zero-order valence-corrected chi connectivity index (χ0v) is 21.6. The Labute approximate surface area is 216 Å². The van der Waals surface area contributed by atoms with E-state index < -0.39 is 0 Å². The second-order valence-corrected chi connectivity index (χ2v) is 9.41. The third-order valence-electron chi connectivity index (χ3n) is 6.59. The molecule has 190 valence electrons. The number of unbranched alkanes of at least 4 members (excludes halogenated alkanes) is 4. The number of hydrogen-bond acceptors (Lipinski definition) is 5.